The Morgan fingerprint density at radius 1 is 1.57 bits per heavy atom. The van der Waals surface area contributed by atoms with Crippen LogP contribution in [0, 0.1) is 17.0 Å². The quantitative estimate of drug-likeness (QED) is 0.682. The fraction of sp³-hybridized carbons (Fsp3) is 0.571. The first-order chi connectivity index (χ1) is 9.97. The molecule has 0 saturated carbocycles. The van der Waals surface area contributed by atoms with E-state index in [4.69, 9.17) is 22.1 Å². The summed E-state index contributed by atoms with van der Waals surface area (Å²) in [5.74, 6) is 0. The van der Waals surface area contributed by atoms with Gasteiger partial charge in [-0.2, -0.15) is 0 Å². The molecule has 0 aromatic heterocycles. The topological polar surface area (TPSA) is 81.6 Å². The zero-order valence-electron chi connectivity index (χ0n) is 12.2. The van der Waals surface area contributed by atoms with Gasteiger partial charge in [0.25, 0.3) is 5.69 Å². The number of benzene rings is 1. The second-order valence-corrected chi connectivity index (χ2v) is 5.72. The molecule has 2 atom stereocenters. The van der Waals surface area contributed by atoms with Crippen LogP contribution in [0.15, 0.2) is 12.1 Å². The molecule has 0 aliphatic carbocycles. The molecule has 1 aromatic carbocycles. The van der Waals surface area contributed by atoms with E-state index in [0.29, 0.717) is 6.54 Å². The molecule has 1 fully saturated rings. The van der Waals surface area contributed by atoms with Crippen molar-refractivity contribution in [1.29, 1.82) is 0 Å². The number of halogens is 1. The number of anilines is 1. The normalized spacial score (nSPS) is 22.4. The minimum atomic E-state index is -0.462. The van der Waals surface area contributed by atoms with E-state index in [9.17, 15) is 10.1 Å². The summed E-state index contributed by atoms with van der Waals surface area (Å²) in [6.07, 6.45) is 1.96. The Morgan fingerprint density at radius 3 is 2.86 bits per heavy atom. The standard InChI is InChI=1S/C14H20ClN3O3/c1-9-5-14(18(19)20)12(15)7-13(9)17-4-3-11(21-2)6-10(17)8-16/h5,7,10-11H,3-4,6,8,16H2,1-2H3. The van der Waals surface area contributed by atoms with Crippen LogP contribution in [0.5, 0.6) is 0 Å². The smallest absolute Gasteiger partial charge is 0.288 e. The molecule has 0 spiro atoms. The number of hydrogen-bond donors (Lipinski definition) is 1. The Hall–Kier alpha value is -1.37. The van der Waals surface area contributed by atoms with Crippen LogP contribution in [-0.4, -0.2) is 37.3 Å². The highest BCUT2D eigenvalue weighted by atomic mass is 35.5. The molecule has 1 aliphatic heterocycles. The monoisotopic (exact) mass is 313 g/mol. The number of rotatable bonds is 4. The number of ether oxygens (including phenoxy) is 1. The molecule has 1 aliphatic rings. The molecule has 6 nitrogen and oxygen atoms in total. The number of piperidine rings is 1. The van der Waals surface area contributed by atoms with E-state index in [1.807, 2.05) is 6.92 Å². The summed E-state index contributed by atoms with van der Waals surface area (Å²) in [5.41, 5.74) is 7.56. The van der Waals surface area contributed by atoms with Gasteiger partial charge in [0.2, 0.25) is 0 Å². The summed E-state index contributed by atoms with van der Waals surface area (Å²) in [4.78, 5) is 12.7. The number of nitro groups is 1. The van der Waals surface area contributed by atoms with Gasteiger partial charge >= 0.3 is 0 Å². The first-order valence-electron chi connectivity index (χ1n) is 6.92. The minimum absolute atomic E-state index is 0.0611. The van der Waals surface area contributed by atoms with Crippen molar-refractivity contribution < 1.29 is 9.66 Å². The maximum atomic E-state index is 10.9. The maximum absolute atomic E-state index is 10.9. The van der Waals surface area contributed by atoms with Crippen molar-refractivity contribution in [1.82, 2.24) is 0 Å². The number of hydrogen-bond acceptors (Lipinski definition) is 5. The number of nitrogens with two attached hydrogens (primary N) is 1. The third-order valence-corrected chi connectivity index (χ3v) is 4.35. The molecule has 1 aromatic rings. The molecule has 2 rings (SSSR count). The lowest BCUT2D eigenvalue weighted by atomic mass is 9.97. The van der Waals surface area contributed by atoms with E-state index in [0.717, 1.165) is 30.6 Å². The average molecular weight is 314 g/mol. The van der Waals surface area contributed by atoms with E-state index in [1.54, 1.807) is 13.2 Å². The summed E-state index contributed by atoms with van der Waals surface area (Å²) < 4.78 is 5.41. The van der Waals surface area contributed by atoms with Crippen molar-refractivity contribution in [2.75, 3.05) is 25.1 Å². The molecule has 2 unspecified atom stereocenters. The van der Waals surface area contributed by atoms with Crippen LogP contribution in [0.1, 0.15) is 18.4 Å². The Morgan fingerprint density at radius 2 is 2.29 bits per heavy atom. The highest BCUT2D eigenvalue weighted by Crippen LogP contribution is 2.35. The SMILES string of the molecule is COC1CCN(c2cc(Cl)c([N+](=O)[O-])cc2C)C(CN)C1. The fourth-order valence-electron chi connectivity index (χ4n) is 2.87. The van der Waals surface area contributed by atoms with Crippen LogP contribution in [0.4, 0.5) is 11.4 Å². The summed E-state index contributed by atoms with van der Waals surface area (Å²) >= 11 is 6.04. The second-order valence-electron chi connectivity index (χ2n) is 5.31. The third kappa shape index (κ3) is 3.28. The lowest BCUT2D eigenvalue weighted by Gasteiger charge is -2.40. The Kier molecular flexibility index (Phi) is 5.03. The van der Waals surface area contributed by atoms with Crippen LogP contribution in [0.3, 0.4) is 0 Å². The summed E-state index contributed by atoms with van der Waals surface area (Å²) in [6.45, 7) is 3.16. The van der Waals surface area contributed by atoms with E-state index in [2.05, 4.69) is 4.90 Å². The van der Waals surface area contributed by atoms with Gasteiger partial charge in [-0.25, -0.2) is 0 Å². The number of aryl methyl sites for hydroxylation is 1. The minimum Gasteiger partial charge on any atom is -0.381 e. The molecule has 7 heteroatoms. The van der Waals surface area contributed by atoms with Crippen LogP contribution in [0.2, 0.25) is 5.02 Å². The molecule has 21 heavy (non-hydrogen) atoms. The van der Waals surface area contributed by atoms with Gasteiger partial charge in [0.15, 0.2) is 0 Å². The number of nitrogens with zero attached hydrogens (tertiary/aromatic N) is 2. The zero-order chi connectivity index (χ0) is 15.6. The highest BCUT2D eigenvalue weighted by Gasteiger charge is 2.29. The van der Waals surface area contributed by atoms with E-state index < -0.39 is 4.92 Å². The van der Waals surface area contributed by atoms with Gasteiger partial charge in [0.05, 0.1) is 11.0 Å². The molecule has 2 N–H and O–H groups in total. The fourth-order valence-corrected chi connectivity index (χ4v) is 3.10. The Bertz CT molecular complexity index is 538. The van der Waals surface area contributed by atoms with Crippen molar-refractivity contribution in [3.8, 4) is 0 Å². The van der Waals surface area contributed by atoms with Crippen LogP contribution < -0.4 is 10.6 Å². The number of methoxy groups -OCH3 is 1. The van der Waals surface area contributed by atoms with Gasteiger partial charge in [0.1, 0.15) is 5.02 Å². The molecular formula is C14H20ClN3O3. The van der Waals surface area contributed by atoms with Crippen molar-refractivity contribution in [3.63, 3.8) is 0 Å². The van der Waals surface area contributed by atoms with Gasteiger partial charge in [-0.1, -0.05) is 11.6 Å². The molecule has 1 heterocycles. The first kappa shape index (κ1) is 16.0. The molecule has 116 valence electrons. The molecular weight excluding hydrogens is 294 g/mol. The first-order valence-corrected chi connectivity index (χ1v) is 7.29. The van der Waals surface area contributed by atoms with E-state index >= 15 is 0 Å². The van der Waals surface area contributed by atoms with Crippen molar-refractivity contribution in [2.24, 2.45) is 5.73 Å². The second kappa shape index (κ2) is 6.60. The molecule has 0 bridgehead atoms. The zero-order valence-corrected chi connectivity index (χ0v) is 13.0. The van der Waals surface area contributed by atoms with Gasteiger partial charge in [-0.3, -0.25) is 10.1 Å². The third-order valence-electron chi connectivity index (χ3n) is 4.04. The highest BCUT2D eigenvalue weighted by molar-refractivity contribution is 6.33. The van der Waals surface area contributed by atoms with Gasteiger partial charge in [0, 0.05) is 38.0 Å². The predicted octanol–water partition coefficient (Wildman–Crippen LogP) is 2.50. The maximum Gasteiger partial charge on any atom is 0.288 e. The number of nitro benzene ring substituents is 1. The van der Waals surface area contributed by atoms with Crippen molar-refractivity contribution in [3.05, 3.63) is 32.8 Å². The van der Waals surface area contributed by atoms with Crippen LogP contribution in [-0.2, 0) is 4.74 Å². The Balaban J connectivity index is 2.33. The van der Waals surface area contributed by atoms with Crippen LogP contribution in [0.25, 0.3) is 0 Å². The summed E-state index contributed by atoms with van der Waals surface area (Å²) in [6, 6.07) is 3.35. The molecule has 0 amide bonds. The van der Waals surface area contributed by atoms with Crippen molar-refractivity contribution in [2.45, 2.75) is 31.9 Å². The lowest BCUT2D eigenvalue weighted by Crippen LogP contribution is -2.49. The van der Waals surface area contributed by atoms with Gasteiger partial charge in [-0.05, 0) is 31.4 Å². The van der Waals surface area contributed by atoms with Crippen LogP contribution >= 0.6 is 11.6 Å². The van der Waals surface area contributed by atoms with Gasteiger partial charge in [-0.15, -0.1) is 0 Å². The Labute approximate surface area is 129 Å². The molecule has 0 radical (unpaired) electrons. The lowest BCUT2D eigenvalue weighted by molar-refractivity contribution is -0.384. The van der Waals surface area contributed by atoms with Crippen molar-refractivity contribution >= 4 is 23.0 Å². The summed E-state index contributed by atoms with van der Waals surface area (Å²) in [5, 5.41) is 11.1. The van der Waals surface area contributed by atoms with E-state index in [-0.39, 0.29) is 22.9 Å². The summed E-state index contributed by atoms with van der Waals surface area (Å²) in [7, 11) is 1.71. The largest absolute Gasteiger partial charge is 0.381 e. The molecule has 1 saturated heterocycles. The predicted molar refractivity (Wildman–Crippen MR) is 83.1 cm³/mol. The average Bonchev–Trinajstić information content (AvgIpc) is 2.48. The van der Waals surface area contributed by atoms with Gasteiger partial charge < -0.3 is 15.4 Å². The van der Waals surface area contributed by atoms with E-state index in [1.165, 1.54) is 6.07 Å².